The van der Waals surface area contributed by atoms with E-state index in [4.69, 9.17) is 0 Å². The van der Waals surface area contributed by atoms with E-state index in [2.05, 4.69) is 17.3 Å². The maximum atomic E-state index is 12.7. The summed E-state index contributed by atoms with van der Waals surface area (Å²) in [6, 6.07) is 5.29. The predicted molar refractivity (Wildman–Crippen MR) is 62.7 cm³/mol. The summed E-state index contributed by atoms with van der Waals surface area (Å²) in [6.45, 7) is 4.34. The van der Waals surface area contributed by atoms with Crippen molar-refractivity contribution in [3.63, 3.8) is 0 Å². The van der Waals surface area contributed by atoms with Gasteiger partial charge in [0.2, 0.25) is 0 Å². The molecule has 5 heteroatoms. The number of aryl methyl sites for hydroxylation is 1. The normalized spacial score (nSPS) is 10.9. The summed E-state index contributed by atoms with van der Waals surface area (Å²) in [4.78, 5) is 1.01. The molecule has 2 aromatic heterocycles. The van der Waals surface area contributed by atoms with Crippen molar-refractivity contribution < 1.29 is 4.39 Å². The first-order valence-corrected chi connectivity index (χ1v) is 6.07. The lowest BCUT2D eigenvalue weighted by atomic mass is 10.4. The quantitative estimate of drug-likeness (QED) is 0.868. The first-order valence-electron chi connectivity index (χ1n) is 5.25. The number of thiophene rings is 1. The summed E-state index contributed by atoms with van der Waals surface area (Å²) in [7, 11) is 0. The van der Waals surface area contributed by atoms with Crippen LogP contribution in [0.5, 0.6) is 0 Å². The van der Waals surface area contributed by atoms with Gasteiger partial charge in [0.15, 0.2) is 5.13 Å². The van der Waals surface area contributed by atoms with Crippen molar-refractivity contribution in [1.29, 1.82) is 0 Å². The molecular formula is C11H14FN3S. The van der Waals surface area contributed by atoms with E-state index < -0.39 is 0 Å². The third-order valence-corrected chi connectivity index (χ3v) is 3.13. The smallest absolute Gasteiger partial charge is 0.176 e. The van der Waals surface area contributed by atoms with Crippen LogP contribution in [0.2, 0.25) is 0 Å². The Labute approximate surface area is 97.9 Å². The van der Waals surface area contributed by atoms with E-state index in [1.807, 2.05) is 16.9 Å². The van der Waals surface area contributed by atoms with Gasteiger partial charge in [0.25, 0.3) is 0 Å². The molecule has 16 heavy (non-hydrogen) atoms. The van der Waals surface area contributed by atoms with Gasteiger partial charge in [-0.05, 0) is 25.1 Å². The largest absolute Gasteiger partial charge is 0.306 e. The minimum atomic E-state index is -0.132. The van der Waals surface area contributed by atoms with E-state index in [0.29, 0.717) is 13.1 Å². The van der Waals surface area contributed by atoms with Crippen LogP contribution in [0.3, 0.4) is 0 Å². The molecule has 2 heterocycles. The minimum absolute atomic E-state index is 0.132. The van der Waals surface area contributed by atoms with Gasteiger partial charge in [-0.3, -0.25) is 4.68 Å². The first-order chi connectivity index (χ1) is 7.78. The standard InChI is InChI=1S/C11H14FN3S/c1-2-15-6-5-9(14-15)7-13-8-10-3-4-11(12)16-10/h3-6,13H,2,7-8H2,1H3. The topological polar surface area (TPSA) is 29.9 Å². The third kappa shape index (κ3) is 2.90. The van der Waals surface area contributed by atoms with Gasteiger partial charge in [-0.15, -0.1) is 11.3 Å². The van der Waals surface area contributed by atoms with Crippen molar-refractivity contribution in [3.8, 4) is 0 Å². The van der Waals surface area contributed by atoms with Gasteiger partial charge in [-0.25, -0.2) is 0 Å². The Kier molecular flexibility index (Phi) is 3.69. The highest BCUT2D eigenvalue weighted by atomic mass is 32.1. The molecule has 0 aliphatic heterocycles. The average Bonchev–Trinajstić information content (AvgIpc) is 2.88. The second-order valence-electron chi connectivity index (χ2n) is 3.47. The van der Waals surface area contributed by atoms with E-state index in [1.165, 1.54) is 17.4 Å². The van der Waals surface area contributed by atoms with Crippen molar-refractivity contribution in [2.45, 2.75) is 26.6 Å². The molecule has 0 aliphatic rings. The summed E-state index contributed by atoms with van der Waals surface area (Å²) in [5.41, 5.74) is 1.01. The molecule has 0 unspecified atom stereocenters. The third-order valence-electron chi connectivity index (χ3n) is 2.25. The molecule has 0 bridgehead atoms. The van der Waals surface area contributed by atoms with Gasteiger partial charge in [0.05, 0.1) is 5.69 Å². The molecule has 3 nitrogen and oxygen atoms in total. The molecule has 0 aromatic carbocycles. The van der Waals surface area contributed by atoms with Gasteiger partial charge in [0, 0.05) is 30.7 Å². The number of aromatic nitrogens is 2. The Hall–Kier alpha value is -1.20. The second-order valence-corrected chi connectivity index (χ2v) is 4.59. The fourth-order valence-corrected chi connectivity index (χ4v) is 2.13. The molecule has 0 atom stereocenters. The van der Waals surface area contributed by atoms with Crippen LogP contribution in [-0.4, -0.2) is 9.78 Å². The lowest BCUT2D eigenvalue weighted by Gasteiger charge is -1.99. The molecule has 0 aliphatic carbocycles. The van der Waals surface area contributed by atoms with Crippen molar-refractivity contribution >= 4 is 11.3 Å². The number of rotatable bonds is 5. The van der Waals surface area contributed by atoms with Gasteiger partial charge in [0.1, 0.15) is 0 Å². The van der Waals surface area contributed by atoms with Crippen LogP contribution in [0.1, 0.15) is 17.5 Å². The highest BCUT2D eigenvalue weighted by Gasteiger charge is 2.00. The number of hydrogen-bond acceptors (Lipinski definition) is 3. The fourth-order valence-electron chi connectivity index (χ4n) is 1.43. The van der Waals surface area contributed by atoms with E-state index >= 15 is 0 Å². The summed E-state index contributed by atoms with van der Waals surface area (Å²) >= 11 is 1.18. The maximum Gasteiger partial charge on any atom is 0.176 e. The molecule has 2 rings (SSSR count). The predicted octanol–water partition coefficient (Wildman–Crippen LogP) is 2.39. The van der Waals surface area contributed by atoms with Crippen LogP contribution in [0.15, 0.2) is 24.4 Å². The molecule has 0 fully saturated rings. The van der Waals surface area contributed by atoms with Crippen molar-refractivity contribution in [2.75, 3.05) is 0 Å². The van der Waals surface area contributed by atoms with Crippen LogP contribution in [-0.2, 0) is 19.6 Å². The van der Waals surface area contributed by atoms with Crippen LogP contribution in [0.25, 0.3) is 0 Å². The Morgan fingerprint density at radius 1 is 1.38 bits per heavy atom. The summed E-state index contributed by atoms with van der Waals surface area (Å²) < 4.78 is 14.6. The highest BCUT2D eigenvalue weighted by molar-refractivity contribution is 7.10. The maximum absolute atomic E-state index is 12.7. The van der Waals surface area contributed by atoms with Gasteiger partial charge >= 0.3 is 0 Å². The lowest BCUT2D eigenvalue weighted by molar-refractivity contribution is 0.621. The molecule has 0 spiro atoms. The lowest BCUT2D eigenvalue weighted by Crippen LogP contribution is -2.12. The SMILES string of the molecule is CCn1ccc(CNCc2ccc(F)s2)n1. The van der Waals surface area contributed by atoms with Crippen LogP contribution < -0.4 is 5.32 Å². The molecule has 0 amide bonds. The molecule has 0 saturated heterocycles. The van der Waals surface area contributed by atoms with Gasteiger partial charge in [-0.2, -0.15) is 9.49 Å². The van der Waals surface area contributed by atoms with Crippen molar-refractivity contribution in [2.24, 2.45) is 0 Å². The molecule has 0 saturated carbocycles. The Morgan fingerprint density at radius 2 is 2.25 bits per heavy atom. The fraction of sp³-hybridized carbons (Fsp3) is 0.364. The zero-order valence-corrected chi connectivity index (χ0v) is 9.93. The summed E-state index contributed by atoms with van der Waals surface area (Å²) in [5.74, 6) is 0. The number of hydrogen-bond donors (Lipinski definition) is 1. The molecule has 0 radical (unpaired) electrons. The highest BCUT2D eigenvalue weighted by Crippen LogP contribution is 2.13. The average molecular weight is 239 g/mol. The van der Waals surface area contributed by atoms with E-state index in [-0.39, 0.29) is 5.13 Å². The zero-order valence-electron chi connectivity index (χ0n) is 9.11. The first kappa shape index (κ1) is 11.3. The molecule has 1 N–H and O–H groups in total. The molecule has 2 aromatic rings. The number of halogens is 1. The summed E-state index contributed by atoms with van der Waals surface area (Å²) in [6.07, 6.45) is 1.96. The minimum Gasteiger partial charge on any atom is -0.306 e. The van der Waals surface area contributed by atoms with Gasteiger partial charge in [-0.1, -0.05) is 0 Å². The Morgan fingerprint density at radius 3 is 2.88 bits per heavy atom. The summed E-state index contributed by atoms with van der Waals surface area (Å²) in [5, 5.41) is 7.45. The molecule has 86 valence electrons. The van der Waals surface area contributed by atoms with E-state index in [0.717, 1.165) is 17.1 Å². The van der Waals surface area contributed by atoms with Crippen LogP contribution >= 0.6 is 11.3 Å². The Bertz CT molecular complexity index is 450. The monoisotopic (exact) mass is 239 g/mol. The Balaban J connectivity index is 1.79. The zero-order chi connectivity index (χ0) is 11.4. The van der Waals surface area contributed by atoms with E-state index in [9.17, 15) is 4.39 Å². The number of nitrogens with zero attached hydrogens (tertiary/aromatic N) is 2. The number of nitrogens with one attached hydrogen (secondary N) is 1. The van der Waals surface area contributed by atoms with Crippen LogP contribution in [0.4, 0.5) is 4.39 Å². The van der Waals surface area contributed by atoms with E-state index in [1.54, 1.807) is 6.07 Å². The molecular weight excluding hydrogens is 225 g/mol. The van der Waals surface area contributed by atoms with Crippen molar-refractivity contribution in [3.05, 3.63) is 40.1 Å². The van der Waals surface area contributed by atoms with Crippen LogP contribution in [0, 0.1) is 5.13 Å². The second kappa shape index (κ2) is 5.23. The van der Waals surface area contributed by atoms with Gasteiger partial charge < -0.3 is 5.32 Å². The van der Waals surface area contributed by atoms with Crippen molar-refractivity contribution in [1.82, 2.24) is 15.1 Å².